The number of thioether (sulfide) groups is 2. The lowest BCUT2D eigenvalue weighted by atomic mass is 9.95. The fraction of sp³-hybridized carbons (Fsp3) is 0.412. The molecule has 0 fully saturated rings. The van der Waals surface area contributed by atoms with E-state index in [9.17, 15) is 4.79 Å². The zero-order valence-corrected chi connectivity index (χ0v) is 18.3. The van der Waals surface area contributed by atoms with Crippen LogP contribution in [0.3, 0.4) is 0 Å². The molecule has 0 bridgehead atoms. The van der Waals surface area contributed by atoms with Gasteiger partial charge in [-0.05, 0) is 25.7 Å². The molecule has 4 rings (SSSR count). The second-order valence-electron chi connectivity index (χ2n) is 6.60. The molecule has 0 saturated carbocycles. The van der Waals surface area contributed by atoms with Crippen molar-refractivity contribution in [2.75, 3.05) is 17.3 Å². The fourth-order valence-corrected chi connectivity index (χ4v) is 5.91. The molecule has 0 saturated heterocycles. The van der Waals surface area contributed by atoms with Gasteiger partial charge in [0.15, 0.2) is 10.3 Å². The van der Waals surface area contributed by atoms with Gasteiger partial charge in [0.25, 0.3) is 0 Å². The third-order valence-corrected chi connectivity index (χ3v) is 7.39. The second-order valence-corrected chi connectivity index (χ2v) is 10.3. The topological polar surface area (TPSA) is 77.0 Å². The van der Waals surface area contributed by atoms with E-state index in [0.717, 1.165) is 26.8 Å². The third kappa shape index (κ3) is 4.14. The van der Waals surface area contributed by atoms with Crippen molar-refractivity contribution >= 4 is 67.5 Å². The lowest BCUT2D eigenvalue weighted by Gasteiger charge is -2.30. The van der Waals surface area contributed by atoms with Crippen molar-refractivity contribution in [3.05, 3.63) is 22.0 Å². The molecule has 0 aliphatic carbocycles. The smallest absolute Gasteiger partial charge is 0.236 e. The number of carbonyl (C=O) groups excluding carboxylic acids is 1. The van der Waals surface area contributed by atoms with E-state index in [1.165, 1.54) is 45.3 Å². The lowest BCUT2D eigenvalue weighted by molar-refractivity contribution is -0.113. The fourth-order valence-electron chi connectivity index (χ4n) is 2.86. The summed E-state index contributed by atoms with van der Waals surface area (Å²) in [7, 11) is 0. The summed E-state index contributed by atoms with van der Waals surface area (Å²) < 4.78 is 5.96. The van der Waals surface area contributed by atoms with E-state index in [2.05, 4.69) is 29.1 Å². The predicted molar refractivity (Wildman–Crippen MR) is 113 cm³/mol. The molecule has 1 amide bonds. The van der Waals surface area contributed by atoms with Gasteiger partial charge in [0.05, 0.1) is 18.0 Å². The number of hydrogen-bond acceptors (Lipinski definition) is 9. The minimum Gasteiger partial charge on any atom is -0.370 e. The van der Waals surface area contributed by atoms with Crippen LogP contribution >= 0.6 is 46.2 Å². The average Bonchev–Trinajstić information content (AvgIpc) is 3.26. The van der Waals surface area contributed by atoms with Gasteiger partial charge < -0.3 is 10.1 Å². The molecule has 0 atom stereocenters. The van der Waals surface area contributed by atoms with Crippen molar-refractivity contribution in [2.45, 2.75) is 42.7 Å². The molecular formula is C17H18N4O2S4. The zero-order chi connectivity index (χ0) is 19.0. The number of hydrogen-bond donors (Lipinski definition) is 1. The van der Waals surface area contributed by atoms with Crippen LogP contribution in [0.2, 0.25) is 0 Å². The van der Waals surface area contributed by atoms with E-state index in [1.807, 2.05) is 11.6 Å². The Balaban J connectivity index is 1.64. The minimum absolute atomic E-state index is 0.0832. The molecule has 10 heteroatoms. The normalized spacial score (nSPS) is 15.7. The number of rotatable bonds is 5. The van der Waals surface area contributed by atoms with E-state index in [-0.39, 0.29) is 17.3 Å². The molecule has 1 aliphatic rings. The molecule has 1 aliphatic heterocycles. The van der Waals surface area contributed by atoms with E-state index < -0.39 is 0 Å². The number of anilines is 1. The first-order valence-corrected chi connectivity index (χ1v) is 12.2. The number of aromatic nitrogens is 3. The van der Waals surface area contributed by atoms with Gasteiger partial charge in [-0.1, -0.05) is 23.5 Å². The Hall–Kier alpha value is -1.20. The number of amides is 1. The molecular weight excluding hydrogens is 420 g/mol. The van der Waals surface area contributed by atoms with Crippen molar-refractivity contribution in [3.63, 3.8) is 0 Å². The first kappa shape index (κ1) is 19.1. The van der Waals surface area contributed by atoms with Crippen LogP contribution in [0.1, 0.15) is 24.3 Å². The highest BCUT2D eigenvalue weighted by Gasteiger charge is 2.31. The molecule has 1 N–H and O–H groups in total. The summed E-state index contributed by atoms with van der Waals surface area (Å²) in [5, 5.41) is 7.95. The van der Waals surface area contributed by atoms with Crippen LogP contribution in [0.15, 0.2) is 21.8 Å². The summed E-state index contributed by atoms with van der Waals surface area (Å²) in [6.45, 7) is 4.81. The molecule has 0 aromatic carbocycles. The monoisotopic (exact) mass is 438 g/mol. The Morgan fingerprint density at radius 2 is 2.26 bits per heavy atom. The predicted octanol–water partition coefficient (Wildman–Crippen LogP) is 4.45. The molecule has 0 spiro atoms. The zero-order valence-electron chi connectivity index (χ0n) is 15.1. The number of thiazole rings is 1. The molecule has 4 heterocycles. The SMILES string of the molecule is CSc1nc(SCC(=O)Nc2nccs2)c2c3c(sc2n1)COC(C)(C)C3. The van der Waals surface area contributed by atoms with Gasteiger partial charge in [0.1, 0.15) is 9.86 Å². The highest BCUT2D eigenvalue weighted by atomic mass is 32.2. The maximum Gasteiger partial charge on any atom is 0.236 e. The highest BCUT2D eigenvalue weighted by Crippen LogP contribution is 2.42. The van der Waals surface area contributed by atoms with Crippen LogP contribution in [-0.2, 0) is 22.6 Å². The number of ether oxygens (including phenoxy) is 1. The number of fused-ring (bicyclic) bond motifs is 3. The van der Waals surface area contributed by atoms with Gasteiger partial charge in [0, 0.05) is 28.3 Å². The maximum atomic E-state index is 12.3. The summed E-state index contributed by atoms with van der Waals surface area (Å²) in [5.74, 6) is 0.199. The van der Waals surface area contributed by atoms with E-state index in [1.54, 1.807) is 17.5 Å². The summed E-state index contributed by atoms with van der Waals surface area (Å²) in [5.41, 5.74) is 1.06. The Bertz CT molecular complexity index is 985. The maximum absolute atomic E-state index is 12.3. The molecule has 3 aromatic rings. The van der Waals surface area contributed by atoms with Gasteiger partial charge in [-0.25, -0.2) is 15.0 Å². The summed E-state index contributed by atoms with van der Waals surface area (Å²) in [6.07, 6.45) is 4.46. The van der Waals surface area contributed by atoms with Crippen LogP contribution in [0.25, 0.3) is 10.2 Å². The van der Waals surface area contributed by atoms with Crippen LogP contribution < -0.4 is 5.32 Å². The molecule has 3 aromatic heterocycles. The van der Waals surface area contributed by atoms with Crippen molar-refractivity contribution in [1.29, 1.82) is 0 Å². The summed E-state index contributed by atoms with van der Waals surface area (Å²) in [4.78, 5) is 27.9. The van der Waals surface area contributed by atoms with Crippen LogP contribution in [0.4, 0.5) is 5.13 Å². The van der Waals surface area contributed by atoms with Crippen LogP contribution in [0.5, 0.6) is 0 Å². The van der Waals surface area contributed by atoms with E-state index in [0.29, 0.717) is 11.7 Å². The summed E-state index contributed by atoms with van der Waals surface area (Å²) >= 11 is 6.04. The summed E-state index contributed by atoms with van der Waals surface area (Å²) in [6, 6.07) is 0. The Kier molecular flexibility index (Phi) is 5.43. The molecule has 0 radical (unpaired) electrons. The van der Waals surface area contributed by atoms with Crippen molar-refractivity contribution in [3.8, 4) is 0 Å². The lowest BCUT2D eigenvalue weighted by Crippen LogP contribution is -2.31. The standard InChI is InChI=1S/C17H18N4O2S4/c1-17(2)6-9-10(7-23-17)27-14-12(9)13(20-16(21-14)24-3)26-8-11(22)19-15-18-4-5-25-15/h4-5H,6-8H2,1-3H3,(H,18,19,22). The molecule has 27 heavy (non-hydrogen) atoms. The number of nitrogens with one attached hydrogen (secondary N) is 1. The van der Waals surface area contributed by atoms with Crippen LogP contribution in [0, 0.1) is 0 Å². The number of thiophene rings is 1. The van der Waals surface area contributed by atoms with Gasteiger partial charge in [-0.3, -0.25) is 4.79 Å². The van der Waals surface area contributed by atoms with Crippen molar-refractivity contribution in [1.82, 2.24) is 15.0 Å². The van der Waals surface area contributed by atoms with Gasteiger partial charge >= 0.3 is 0 Å². The highest BCUT2D eigenvalue weighted by molar-refractivity contribution is 8.00. The molecule has 6 nitrogen and oxygen atoms in total. The van der Waals surface area contributed by atoms with Crippen molar-refractivity contribution in [2.24, 2.45) is 0 Å². The van der Waals surface area contributed by atoms with Crippen molar-refractivity contribution < 1.29 is 9.53 Å². The Labute approximate surface area is 173 Å². The minimum atomic E-state index is -0.205. The molecule has 0 unspecified atom stereocenters. The number of carbonyl (C=O) groups is 1. The van der Waals surface area contributed by atoms with Gasteiger partial charge in [-0.15, -0.1) is 22.7 Å². The first-order chi connectivity index (χ1) is 12.9. The average molecular weight is 439 g/mol. The Morgan fingerprint density at radius 1 is 1.41 bits per heavy atom. The first-order valence-electron chi connectivity index (χ1n) is 8.27. The van der Waals surface area contributed by atoms with Gasteiger partial charge in [0.2, 0.25) is 5.91 Å². The molecule has 142 valence electrons. The Morgan fingerprint density at radius 3 is 3.00 bits per heavy atom. The third-order valence-electron chi connectivity index (χ3n) is 4.08. The second kappa shape index (κ2) is 7.67. The van der Waals surface area contributed by atoms with E-state index >= 15 is 0 Å². The van der Waals surface area contributed by atoms with Gasteiger partial charge in [-0.2, -0.15) is 0 Å². The van der Waals surface area contributed by atoms with E-state index in [4.69, 9.17) is 9.72 Å². The quantitative estimate of drug-likeness (QED) is 0.358. The van der Waals surface area contributed by atoms with Crippen LogP contribution in [-0.4, -0.2) is 38.5 Å². The largest absolute Gasteiger partial charge is 0.370 e. The number of nitrogens with zero attached hydrogens (tertiary/aromatic N) is 3.